The predicted molar refractivity (Wildman–Crippen MR) is 135 cm³/mol. The quantitative estimate of drug-likeness (QED) is 0.403. The van der Waals surface area contributed by atoms with E-state index in [1.807, 2.05) is 24.3 Å². The zero-order chi connectivity index (χ0) is 23.4. The highest BCUT2D eigenvalue weighted by atomic mass is 16.5. The molecule has 2 N–H and O–H groups in total. The van der Waals surface area contributed by atoms with Gasteiger partial charge in [0.2, 0.25) is 0 Å². The number of ether oxygens (including phenoxy) is 1. The summed E-state index contributed by atoms with van der Waals surface area (Å²) in [7, 11) is 3.58. The monoisotopic (exact) mass is 444 g/mol. The number of rotatable bonds is 7. The van der Waals surface area contributed by atoms with Crippen molar-refractivity contribution < 1.29 is 14.6 Å². The van der Waals surface area contributed by atoms with Gasteiger partial charge in [0.15, 0.2) is 0 Å². The molecule has 33 heavy (non-hydrogen) atoms. The van der Waals surface area contributed by atoms with E-state index in [4.69, 9.17) is 4.74 Å². The highest BCUT2D eigenvalue weighted by Crippen LogP contribution is 2.36. The van der Waals surface area contributed by atoms with Gasteiger partial charge in [-0.25, -0.2) is 4.79 Å². The Morgan fingerprint density at radius 2 is 1.55 bits per heavy atom. The largest absolute Gasteiger partial charge is 0.497 e. The number of anilines is 4. The minimum absolute atomic E-state index is 0.169. The number of benzene rings is 3. The Kier molecular flexibility index (Phi) is 6.87. The Balaban J connectivity index is 1.44. The van der Waals surface area contributed by atoms with E-state index in [1.54, 1.807) is 12.1 Å². The Morgan fingerprint density at radius 3 is 2.12 bits per heavy atom. The lowest BCUT2D eigenvalue weighted by Gasteiger charge is -2.27. The summed E-state index contributed by atoms with van der Waals surface area (Å²) in [5.41, 5.74) is 5.18. The molecular weight excluding hydrogens is 412 g/mol. The summed E-state index contributed by atoms with van der Waals surface area (Å²) in [6.45, 7) is 2.36. The molecule has 0 atom stereocenters. The van der Waals surface area contributed by atoms with Crippen LogP contribution in [-0.4, -0.2) is 25.2 Å². The van der Waals surface area contributed by atoms with Gasteiger partial charge in [0.05, 0.1) is 18.4 Å². The lowest BCUT2D eigenvalue weighted by atomic mass is 9.79. The van der Waals surface area contributed by atoms with E-state index in [0.717, 1.165) is 23.0 Å². The van der Waals surface area contributed by atoms with E-state index >= 15 is 0 Å². The molecule has 3 aromatic rings. The fourth-order valence-electron chi connectivity index (χ4n) is 4.57. The summed E-state index contributed by atoms with van der Waals surface area (Å²) in [6.07, 6.45) is 5.25. The predicted octanol–water partition coefficient (Wildman–Crippen LogP) is 7.20. The van der Waals surface area contributed by atoms with Gasteiger partial charge in [-0.3, -0.25) is 0 Å². The third kappa shape index (κ3) is 5.30. The summed E-state index contributed by atoms with van der Waals surface area (Å²) >= 11 is 0. The van der Waals surface area contributed by atoms with Gasteiger partial charge in [-0.15, -0.1) is 0 Å². The van der Waals surface area contributed by atoms with Crippen molar-refractivity contribution >= 4 is 28.7 Å². The van der Waals surface area contributed by atoms with Crippen molar-refractivity contribution in [2.45, 2.75) is 38.5 Å². The normalized spacial score (nSPS) is 17.9. The van der Waals surface area contributed by atoms with Crippen LogP contribution in [0.25, 0.3) is 0 Å². The number of hydrogen-bond acceptors (Lipinski definition) is 4. The van der Waals surface area contributed by atoms with E-state index in [2.05, 4.69) is 48.5 Å². The summed E-state index contributed by atoms with van der Waals surface area (Å²) < 4.78 is 5.14. The minimum atomic E-state index is -1.00. The van der Waals surface area contributed by atoms with Crippen LogP contribution in [-0.2, 0) is 0 Å². The van der Waals surface area contributed by atoms with Gasteiger partial charge in [-0.1, -0.05) is 31.9 Å². The van der Waals surface area contributed by atoms with Crippen molar-refractivity contribution in [3.05, 3.63) is 77.9 Å². The first kappa shape index (κ1) is 22.7. The second-order valence-electron chi connectivity index (χ2n) is 9.00. The zero-order valence-corrected chi connectivity index (χ0v) is 19.5. The Labute approximate surface area is 196 Å². The molecule has 1 fully saturated rings. The maximum absolute atomic E-state index is 11.6. The van der Waals surface area contributed by atoms with Crippen molar-refractivity contribution in [2.24, 2.45) is 5.92 Å². The van der Waals surface area contributed by atoms with Crippen LogP contribution in [0.5, 0.6) is 5.75 Å². The lowest BCUT2D eigenvalue weighted by Crippen LogP contribution is -2.12. The second kappa shape index (κ2) is 9.99. The first-order valence-corrected chi connectivity index (χ1v) is 11.6. The standard InChI is InChI=1S/C28H32N2O3/c1-19-4-6-20(7-5-19)21-8-12-23(13-9-21)30(2)24-14-10-22(11-15-24)29-27-17-16-25(33-3)18-26(27)28(31)32/h8-20,29H,4-7H2,1-3H3,(H,31,32). The Hall–Kier alpha value is -3.47. The first-order chi connectivity index (χ1) is 15.9. The van der Waals surface area contributed by atoms with Crippen LogP contribution >= 0.6 is 0 Å². The molecule has 5 heteroatoms. The van der Waals surface area contributed by atoms with Crippen LogP contribution in [0.3, 0.4) is 0 Å². The number of carboxylic acid groups (broad SMARTS) is 1. The van der Waals surface area contributed by atoms with E-state index in [1.165, 1.54) is 44.4 Å². The van der Waals surface area contributed by atoms with Crippen LogP contribution < -0.4 is 15.0 Å². The first-order valence-electron chi connectivity index (χ1n) is 11.6. The zero-order valence-electron chi connectivity index (χ0n) is 19.5. The molecule has 1 aliphatic rings. The molecule has 1 saturated carbocycles. The van der Waals surface area contributed by atoms with Crippen molar-refractivity contribution in [2.75, 3.05) is 24.4 Å². The number of aromatic carboxylic acids is 1. The molecule has 1 aliphatic carbocycles. The second-order valence-corrected chi connectivity index (χ2v) is 9.00. The molecular formula is C28H32N2O3. The van der Waals surface area contributed by atoms with Gasteiger partial charge >= 0.3 is 5.97 Å². The maximum Gasteiger partial charge on any atom is 0.337 e. The van der Waals surface area contributed by atoms with Crippen LogP contribution in [0, 0.1) is 5.92 Å². The average molecular weight is 445 g/mol. The SMILES string of the molecule is COc1ccc(Nc2ccc(N(C)c3ccc(C4CCC(C)CC4)cc3)cc2)c(C(=O)O)c1. The number of carboxylic acids is 1. The third-order valence-electron chi connectivity index (χ3n) is 6.76. The number of hydrogen-bond donors (Lipinski definition) is 2. The molecule has 0 amide bonds. The van der Waals surface area contributed by atoms with Crippen molar-refractivity contribution in [1.82, 2.24) is 0 Å². The highest BCUT2D eigenvalue weighted by molar-refractivity contribution is 5.95. The van der Waals surface area contributed by atoms with Gasteiger partial charge in [0, 0.05) is 24.1 Å². The van der Waals surface area contributed by atoms with Gasteiger partial charge in [0.1, 0.15) is 5.75 Å². The van der Waals surface area contributed by atoms with Crippen molar-refractivity contribution in [3.63, 3.8) is 0 Å². The van der Waals surface area contributed by atoms with Crippen LogP contribution in [0.1, 0.15) is 54.4 Å². The molecule has 0 radical (unpaired) electrons. The molecule has 0 aliphatic heterocycles. The van der Waals surface area contributed by atoms with Gasteiger partial charge in [-0.2, -0.15) is 0 Å². The van der Waals surface area contributed by atoms with Crippen LogP contribution in [0.4, 0.5) is 22.7 Å². The minimum Gasteiger partial charge on any atom is -0.497 e. The summed E-state index contributed by atoms with van der Waals surface area (Å²) in [4.78, 5) is 13.8. The number of nitrogens with one attached hydrogen (secondary N) is 1. The number of methoxy groups -OCH3 is 1. The number of carbonyl (C=O) groups is 1. The van der Waals surface area contributed by atoms with Gasteiger partial charge in [-0.05, 0) is 84.8 Å². The Morgan fingerprint density at radius 1 is 0.939 bits per heavy atom. The van der Waals surface area contributed by atoms with Crippen LogP contribution in [0.2, 0.25) is 0 Å². The Bertz CT molecular complexity index is 1090. The van der Waals surface area contributed by atoms with Gasteiger partial charge in [0.25, 0.3) is 0 Å². The summed E-state index contributed by atoms with van der Waals surface area (Å²) in [6, 6.07) is 21.9. The molecule has 5 nitrogen and oxygen atoms in total. The molecule has 0 aromatic heterocycles. The van der Waals surface area contributed by atoms with E-state index in [0.29, 0.717) is 17.4 Å². The van der Waals surface area contributed by atoms with Gasteiger partial charge < -0.3 is 20.1 Å². The molecule has 0 saturated heterocycles. The van der Waals surface area contributed by atoms with E-state index in [-0.39, 0.29) is 5.56 Å². The highest BCUT2D eigenvalue weighted by Gasteiger charge is 2.19. The topological polar surface area (TPSA) is 61.8 Å². The van der Waals surface area contributed by atoms with Crippen LogP contribution in [0.15, 0.2) is 66.7 Å². The van der Waals surface area contributed by atoms with Crippen molar-refractivity contribution in [3.8, 4) is 5.75 Å². The maximum atomic E-state index is 11.6. The molecule has 4 rings (SSSR count). The smallest absolute Gasteiger partial charge is 0.337 e. The molecule has 172 valence electrons. The molecule has 0 spiro atoms. The van der Waals surface area contributed by atoms with E-state index in [9.17, 15) is 9.90 Å². The lowest BCUT2D eigenvalue weighted by molar-refractivity contribution is 0.0697. The van der Waals surface area contributed by atoms with E-state index < -0.39 is 5.97 Å². The molecule has 0 bridgehead atoms. The third-order valence-corrected chi connectivity index (χ3v) is 6.76. The summed E-state index contributed by atoms with van der Waals surface area (Å²) in [5, 5.41) is 12.7. The summed E-state index contributed by atoms with van der Waals surface area (Å²) in [5.74, 6) is 1.07. The number of nitrogens with zero attached hydrogens (tertiary/aromatic N) is 1. The molecule has 0 heterocycles. The average Bonchev–Trinajstić information content (AvgIpc) is 2.85. The molecule has 3 aromatic carbocycles. The fourth-order valence-corrected chi connectivity index (χ4v) is 4.57. The fraction of sp³-hybridized carbons (Fsp3) is 0.321. The van der Waals surface area contributed by atoms with Crippen molar-refractivity contribution in [1.29, 1.82) is 0 Å². The molecule has 0 unspecified atom stereocenters.